The Kier molecular flexibility index (Phi) is 9.05. The fourth-order valence-corrected chi connectivity index (χ4v) is 4.16. The molecule has 0 radical (unpaired) electrons. The Hall–Kier alpha value is -3.71. The maximum absolute atomic E-state index is 13.3. The Morgan fingerprint density at radius 2 is 1.61 bits per heavy atom. The quantitative estimate of drug-likeness (QED) is 0.365. The summed E-state index contributed by atoms with van der Waals surface area (Å²) in [5.74, 6) is 1.85. The molecule has 1 amide bonds. The molecule has 1 heterocycles. The molecule has 0 aliphatic carbocycles. The minimum absolute atomic E-state index is 0.0771. The molecule has 0 spiro atoms. The number of amides is 1. The molecule has 0 unspecified atom stereocenters. The zero-order chi connectivity index (χ0) is 25.2. The molecule has 0 atom stereocenters. The van der Waals surface area contributed by atoms with Gasteiger partial charge in [0.25, 0.3) is 5.91 Å². The number of para-hydroxylation sites is 2. The lowest BCUT2D eigenvalue weighted by atomic mass is 10.1. The second kappa shape index (κ2) is 12.8. The molecule has 190 valence electrons. The van der Waals surface area contributed by atoms with Crippen LogP contribution in [0.5, 0.6) is 17.2 Å². The first kappa shape index (κ1) is 25.4. The van der Waals surface area contributed by atoms with E-state index in [0.717, 1.165) is 43.3 Å². The number of rotatable bonds is 11. The number of nitrogens with zero attached hydrogens (tertiary/aromatic N) is 2. The van der Waals surface area contributed by atoms with E-state index in [1.54, 1.807) is 23.1 Å². The van der Waals surface area contributed by atoms with E-state index in [0.29, 0.717) is 43.4 Å². The van der Waals surface area contributed by atoms with Gasteiger partial charge in [0.15, 0.2) is 11.5 Å². The monoisotopic (exact) mass is 490 g/mol. The summed E-state index contributed by atoms with van der Waals surface area (Å²) >= 11 is 0. The fraction of sp³-hybridized carbons (Fsp3) is 0.345. The third kappa shape index (κ3) is 6.70. The molecule has 0 saturated carbocycles. The largest absolute Gasteiger partial charge is 0.490 e. The SMILES string of the molecule is CCOc1cc(C(=O)N(C)Cc2ccccc2N2CCOCC2)ccc1OCCOc1ccccc1. The van der Waals surface area contributed by atoms with Crippen molar-refractivity contribution in [3.05, 3.63) is 83.9 Å². The van der Waals surface area contributed by atoms with Crippen LogP contribution in [0.25, 0.3) is 0 Å². The topological polar surface area (TPSA) is 60.5 Å². The number of hydrogen-bond donors (Lipinski definition) is 0. The summed E-state index contributed by atoms with van der Waals surface area (Å²) in [4.78, 5) is 17.3. The highest BCUT2D eigenvalue weighted by molar-refractivity contribution is 5.94. The number of carbonyl (C=O) groups is 1. The van der Waals surface area contributed by atoms with E-state index < -0.39 is 0 Å². The van der Waals surface area contributed by atoms with Gasteiger partial charge in [0.05, 0.1) is 19.8 Å². The molecule has 3 aromatic rings. The Bertz CT molecular complexity index is 1120. The molecular weight excluding hydrogens is 456 g/mol. The number of morpholine rings is 1. The predicted molar refractivity (Wildman–Crippen MR) is 140 cm³/mol. The first-order valence-corrected chi connectivity index (χ1v) is 12.4. The molecule has 4 rings (SSSR count). The molecule has 1 fully saturated rings. The molecule has 7 nitrogen and oxygen atoms in total. The average Bonchev–Trinajstić information content (AvgIpc) is 2.93. The molecule has 1 aliphatic rings. The Balaban J connectivity index is 1.39. The van der Waals surface area contributed by atoms with Crippen LogP contribution in [0.15, 0.2) is 72.8 Å². The lowest BCUT2D eigenvalue weighted by Gasteiger charge is -2.31. The molecule has 1 aliphatic heterocycles. The van der Waals surface area contributed by atoms with Crippen LogP contribution < -0.4 is 19.1 Å². The first-order valence-electron chi connectivity index (χ1n) is 12.4. The number of anilines is 1. The van der Waals surface area contributed by atoms with E-state index >= 15 is 0 Å². The molecule has 7 heteroatoms. The van der Waals surface area contributed by atoms with Gasteiger partial charge in [-0.05, 0) is 48.9 Å². The molecule has 1 saturated heterocycles. The van der Waals surface area contributed by atoms with Crippen LogP contribution >= 0.6 is 0 Å². The van der Waals surface area contributed by atoms with Gasteiger partial charge < -0.3 is 28.7 Å². The molecular formula is C29H34N2O5. The van der Waals surface area contributed by atoms with Gasteiger partial charge in [-0.1, -0.05) is 36.4 Å². The normalized spacial score (nSPS) is 13.2. The van der Waals surface area contributed by atoms with Crippen LogP contribution in [0.4, 0.5) is 5.69 Å². The summed E-state index contributed by atoms with van der Waals surface area (Å²) in [5, 5.41) is 0. The highest BCUT2D eigenvalue weighted by Crippen LogP contribution is 2.30. The molecule has 0 bridgehead atoms. The Labute approximate surface area is 213 Å². The summed E-state index contributed by atoms with van der Waals surface area (Å²) < 4.78 is 22.9. The van der Waals surface area contributed by atoms with Crippen molar-refractivity contribution in [2.24, 2.45) is 0 Å². The smallest absolute Gasteiger partial charge is 0.254 e. The maximum atomic E-state index is 13.3. The highest BCUT2D eigenvalue weighted by atomic mass is 16.5. The minimum atomic E-state index is -0.0771. The van der Waals surface area contributed by atoms with Gasteiger partial charge >= 0.3 is 0 Å². The van der Waals surface area contributed by atoms with Gasteiger partial charge in [-0.2, -0.15) is 0 Å². The van der Waals surface area contributed by atoms with Gasteiger partial charge in [0.1, 0.15) is 19.0 Å². The molecule has 3 aromatic carbocycles. The predicted octanol–water partition coefficient (Wildman–Crippen LogP) is 4.65. The van der Waals surface area contributed by atoms with Gasteiger partial charge in [-0.3, -0.25) is 4.79 Å². The number of hydrogen-bond acceptors (Lipinski definition) is 6. The first-order chi connectivity index (χ1) is 17.7. The number of ether oxygens (including phenoxy) is 4. The maximum Gasteiger partial charge on any atom is 0.254 e. The molecule has 0 aromatic heterocycles. The third-order valence-electron chi connectivity index (χ3n) is 5.94. The summed E-state index contributed by atoms with van der Waals surface area (Å²) in [6.45, 7) is 6.79. The van der Waals surface area contributed by atoms with Crippen LogP contribution in [0.3, 0.4) is 0 Å². The van der Waals surface area contributed by atoms with Crippen molar-refractivity contribution in [2.75, 3.05) is 58.1 Å². The highest BCUT2D eigenvalue weighted by Gasteiger charge is 2.19. The Morgan fingerprint density at radius 3 is 2.39 bits per heavy atom. The summed E-state index contributed by atoms with van der Waals surface area (Å²) in [7, 11) is 1.82. The summed E-state index contributed by atoms with van der Waals surface area (Å²) in [6.07, 6.45) is 0. The summed E-state index contributed by atoms with van der Waals surface area (Å²) in [6, 6.07) is 23.2. The molecule has 0 N–H and O–H groups in total. The van der Waals surface area contributed by atoms with E-state index in [9.17, 15) is 4.79 Å². The van der Waals surface area contributed by atoms with Crippen molar-refractivity contribution in [2.45, 2.75) is 13.5 Å². The van der Waals surface area contributed by atoms with Crippen molar-refractivity contribution >= 4 is 11.6 Å². The van der Waals surface area contributed by atoms with Gasteiger partial charge in [0, 0.05) is 37.9 Å². The average molecular weight is 491 g/mol. The van der Waals surface area contributed by atoms with Crippen LogP contribution in [0.1, 0.15) is 22.8 Å². The molecule has 36 heavy (non-hydrogen) atoms. The lowest BCUT2D eigenvalue weighted by molar-refractivity contribution is 0.0784. The van der Waals surface area contributed by atoms with E-state index in [-0.39, 0.29) is 5.91 Å². The zero-order valence-electron chi connectivity index (χ0n) is 21.0. The second-order valence-corrected chi connectivity index (χ2v) is 8.49. The third-order valence-corrected chi connectivity index (χ3v) is 5.94. The van der Waals surface area contributed by atoms with E-state index in [1.165, 1.54) is 0 Å². The van der Waals surface area contributed by atoms with Crippen LogP contribution in [0, 0.1) is 0 Å². The van der Waals surface area contributed by atoms with Crippen molar-refractivity contribution in [1.29, 1.82) is 0 Å². The number of carbonyl (C=O) groups excluding carboxylic acids is 1. The fourth-order valence-electron chi connectivity index (χ4n) is 4.16. The van der Waals surface area contributed by atoms with Crippen molar-refractivity contribution in [3.8, 4) is 17.2 Å². The second-order valence-electron chi connectivity index (χ2n) is 8.49. The van der Waals surface area contributed by atoms with E-state index in [2.05, 4.69) is 17.0 Å². The van der Waals surface area contributed by atoms with Crippen LogP contribution in [0.2, 0.25) is 0 Å². The zero-order valence-corrected chi connectivity index (χ0v) is 21.0. The Morgan fingerprint density at radius 1 is 0.889 bits per heavy atom. The van der Waals surface area contributed by atoms with Crippen LogP contribution in [-0.2, 0) is 11.3 Å². The minimum Gasteiger partial charge on any atom is -0.490 e. The standard InChI is InChI=1S/C29H34N2O5/c1-3-34-28-21-23(13-14-27(28)36-20-19-35-25-10-5-4-6-11-25)29(32)30(2)22-24-9-7-8-12-26(24)31-15-17-33-18-16-31/h4-14,21H,3,15-20,22H2,1-2H3. The van der Waals surface area contributed by atoms with Crippen molar-refractivity contribution in [1.82, 2.24) is 4.90 Å². The van der Waals surface area contributed by atoms with E-state index in [1.807, 2.05) is 56.4 Å². The van der Waals surface area contributed by atoms with Crippen LogP contribution in [-0.4, -0.2) is 64.0 Å². The van der Waals surface area contributed by atoms with Gasteiger partial charge in [0.2, 0.25) is 0 Å². The lowest BCUT2D eigenvalue weighted by Crippen LogP contribution is -2.37. The summed E-state index contributed by atoms with van der Waals surface area (Å²) in [5.41, 5.74) is 2.81. The van der Waals surface area contributed by atoms with Gasteiger partial charge in [-0.25, -0.2) is 0 Å². The van der Waals surface area contributed by atoms with Crippen molar-refractivity contribution in [3.63, 3.8) is 0 Å². The van der Waals surface area contributed by atoms with E-state index in [4.69, 9.17) is 18.9 Å². The number of benzene rings is 3. The van der Waals surface area contributed by atoms with Gasteiger partial charge in [-0.15, -0.1) is 0 Å². The van der Waals surface area contributed by atoms with Crippen molar-refractivity contribution < 1.29 is 23.7 Å².